The van der Waals surface area contributed by atoms with Gasteiger partial charge in [0.2, 0.25) is 0 Å². The van der Waals surface area contributed by atoms with Crippen LogP contribution in [0.2, 0.25) is 10.0 Å². The highest BCUT2D eigenvalue weighted by atomic mass is 35.5. The molecule has 2 nitrogen and oxygen atoms in total. The first-order chi connectivity index (χ1) is 10.5. The Bertz CT molecular complexity index is 673. The Morgan fingerprint density at radius 2 is 1.86 bits per heavy atom. The number of hydrogen-bond donors (Lipinski definition) is 1. The highest BCUT2D eigenvalue weighted by molar-refractivity contribution is 7.80. The van der Waals surface area contributed by atoms with Crippen molar-refractivity contribution in [3.05, 3.63) is 63.6 Å². The first-order valence-electron chi connectivity index (χ1n) is 7.04. The van der Waals surface area contributed by atoms with E-state index in [0.717, 1.165) is 17.7 Å². The van der Waals surface area contributed by atoms with E-state index in [2.05, 4.69) is 24.4 Å². The summed E-state index contributed by atoms with van der Waals surface area (Å²) in [6.45, 7) is 2.80. The number of rotatable bonds is 4. The zero-order valence-corrected chi connectivity index (χ0v) is 14.9. The summed E-state index contributed by atoms with van der Waals surface area (Å²) in [7, 11) is 1.95. The van der Waals surface area contributed by atoms with Gasteiger partial charge in [0.15, 0.2) is 5.11 Å². The van der Waals surface area contributed by atoms with Crippen molar-refractivity contribution in [1.82, 2.24) is 4.90 Å². The van der Waals surface area contributed by atoms with E-state index < -0.39 is 0 Å². The van der Waals surface area contributed by atoms with Crippen LogP contribution in [0.15, 0.2) is 42.5 Å². The molecule has 116 valence electrons. The van der Waals surface area contributed by atoms with Crippen LogP contribution in [-0.4, -0.2) is 17.1 Å². The molecule has 0 unspecified atom stereocenters. The number of hydrogen-bond acceptors (Lipinski definition) is 1. The van der Waals surface area contributed by atoms with Gasteiger partial charge in [-0.15, -0.1) is 0 Å². The van der Waals surface area contributed by atoms with Gasteiger partial charge in [-0.2, -0.15) is 0 Å². The molecule has 0 radical (unpaired) electrons. The molecular weight excluding hydrogens is 335 g/mol. The van der Waals surface area contributed by atoms with E-state index in [1.54, 1.807) is 6.07 Å². The summed E-state index contributed by atoms with van der Waals surface area (Å²) in [5.41, 5.74) is 3.34. The van der Waals surface area contributed by atoms with Crippen molar-refractivity contribution in [2.45, 2.75) is 19.9 Å². The number of aryl methyl sites for hydroxylation is 1. The summed E-state index contributed by atoms with van der Waals surface area (Å²) in [4.78, 5) is 1.97. The number of nitrogens with one attached hydrogen (secondary N) is 1. The minimum atomic E-state index is 0.557. The maximum Gasteiger partial charge on any atom is 0.173 e. The largest absolute Gasteiger partial charge is 0.348 e. The van der Waals surface area contributed by atoms with Crippen LogP contribution >= 0.6 is 35.4 Å². The van der Waals surface area contributed by atoms with Gasteiger partial charge in [0.25, 0.3) is 0 Å². The first kappa shape index (κ1) is 17.1. The molecule has 0 heterocycles. The monoisotopic (exact) mass is 352 g/mol. The van der Waals surface area contributed by atoms with Gasteiger partial charge < -0.3 is 10.2 Å². The van der Waals surface area contributed by atoms with Crippen molar-refractivity contribution < 1.29 is 0 Å². The SMILES string of the molecule is CCc1cccc(NC(=S)N(C)Cc2ccc(Cl)c(Cl)c2)c1. The Balaban J connectivity index is 2.00. The third kappa shape index (κ3) is 4.60. The second-order valence-corrected chi connectivity index (χ2v) is 6.29. The molecule has 0 saturated carbocycles. The Morgan fingerprint density at radius 3 is 2.55 bits per heavy atom. The van der Waals surface area contributed by atoms with E-state index in [1.165, 1.54) is 5.56 Å². The third-order valence-corrected chi connectivity index (χ3v) is 4.49. The average molecular weight is 353 g/mol. The zero-order valence-electron chi connectivity index (χ0n) is 12.6. The molecule has 0 aromatic heterocycles. The second kappa shape index (κ2) is 7.82. The Kier molecular flexibility index (Phi) is 6.07. The van der Waals surface area contributed by atoms with E-state index in [4.69, 9.17) is 35.4 Å². The summed E-state index contributed by atoms with van der Waals surface area (Å²) in [6, 6.07) is 13.9. The van der Waals surface area contributed by atoms with Crippen molar-refractivity contribution in [3.63, 3.8) is 0 Å². The zero-order chi connectivity index (χ0) is 16.1. The molecule has 0 aliphatic rings. The summed E-state index contributed by atoms with van der Waals surface area (Å²) in [5.74, 6) is 0. The number of benzene rings is 2. The molecular formula is C17H18Cl2N2S. The van der Waals surface area contributed by atoms with Crippen LogP contribution in [0.4, 0.5) is 5.69 Å². The van der Waals surface area contributed by atoms with Crippen molar-refractivity contribution in [3.8, 4) is 0 Å². The maximum absolute atomic E-state index is 6.04. The third-order valence-electron chi connectivity index (χ3n) is 3.34. The topological polar surface area (TPSA) is 15.3 Å². The van der Waals surface area contributed by atoms with E-state index in [0.29, 0.717) is 21.7 Å². The normalized spacial score (nSPS) is 10.4. The quantitative estimate of drug-likeness (QED) is 0.743. The lowest BCUT2D eigenvalue weighted by Gasteiger charge is -2.21. The molecule has 1 N–H and O–H groups in total. The van der Waals surface area contributed by atoms with Gasteiger partial charge in [0, 0.05) is 19.3 Å². The Morgan fingerprint density at radius 1 is 1.09 bits per heavy atom. The van der Waals surface area contributed by atoms with Crippen molar-refractivity contribution in [2.75, 3.05) is 12.4 Å². The van der Waals surface area contributed by atoms with Gasteiger partial charge in [0.1, 0.15) is 0 Å². The van der Waals surface area contributed by atoms with E-state index in [1.807, 2.05) is 36.2 Å². The predicted molar refractivity (Wildman–Crippen MR) is 100.0 cm³/mol. The number of halogens is 2. The summed E-state index contributed by atoms with van der Waals surface area (Å²) < 4.78 is 0. The Labute approximate surface area is 147 Å². The minimum Gasteiger partial charge on any atom is -0.348 e. The minimum absolute atomic E-state index is 0.557. The molecule has 0 spiro atoms. The first-order valence-corrected chi connectivity index (χ1v) is 8.21. The molecule has 0 amide bonds. The number of thiocarbonyl (C=S) groups is 1. The lowest BCUT2D eigenvalue weighted by Crippen LogP contribution is -2.30. The molecule has 0 fully saturated rings. The van der Waals surface area contributed by atoms with Gasteiger partial charge in [-0.05, 0) is 54.0 Å². The smallest absolute Gasteiger partial charge is 0.173 e. The number of nitrogens with zero attached hydrogens (tertiary/aromatic N) is 1. The molecule has 0 atom stereocenters. The fourth-order valence-corrected chi connectivity index (χ4v) is 2.57. The molecule has 0 aliphatic heterocycles. The molecule has 2 aromatic carbocycles. The van der Waals surface area contributed by atoms with Gasteiger partial charge >= 0.3 is 0 Å². The molecule has 0 aliphatic carbocycles. The molecule has 22 heavy (non-hydrogen) atoms. The molecule has 5 heteroatoms. The molecule has 0 bridgehead atoms. The van der Waals surface area contributed by atoms with E-state index in [-0.39, 0.29) is 0 Å². The van der Waals surface area contributed by atoms with Crippen LogP contribution in [0.25, 0.3) is 0 Å². The van der Waals surface area contributed by atoms with Crippen LogP contribution in [0.5, 0.6) is 0 Å². The molecule has 2 aromatic rings. The van der Waals surface area contributed by atoms with Crippen LogP contribution in [0.3, 0.4) is 0 Å². The highest BCUT2D eigenvalue weighted by Crippen LogP contribution is 2.23. The second-order valence-electron chi connectivity index (χ2n) is 5.09. The fourth-order valence-electron chi connectivity index (χ4n) is 2.07. The summed E-state index contributed by atoms with van der Waals surface area (Å²) in [6.07, 6.45) is 1.00. The van der Waals surface area contributed by atoms with E-state index >= 15 is 0 Å². The lowest BCUT2D eigenvalue weighted by atomic mass is 10.1. The van der Waals surface area contributed by atoms with Crippen LogP contribution in [0.1, 0.15) is 18.1 Å². The van der Waals surface area contributed by atoms with Crippen LogP contribution < -0.4 is 5.32 Å². The van der Waals surface area contributed by atoms with Crippen molar-refractivity contribution in [2.24, 2.45) is 0 Å². The summed E-state index contributed by atoms with van der Waals surface area (Å²) in [5, 5.41) is 5.04. The number of anilines is 1. The maximum atomic E-state index is 6.04. The molecule has 2 rings (SSSR count). The average Bonchev–Trinajstić information content (AvgIpc) is 2.51. The van der Waals surface area contributed by atoms with Crippen molar-refractivity contribution in [1.29, 1.82) is 0 Å². The van der Waals surface area contributed by atoms with Gasteiger partial charge in [-0.25, -0.2) is 0 Å². The van der Waals surface area contributed by atoms with Crippen LogP contribution in [0, 0.1) is 0 Å². The molecule has 0 saturated heterocycles. The van der Waals surface area contributed by atoms with E-state index in [9.17, 15) is 0 Å². The Hall–Kier alpha value is -1.29. The fraction of sp³-hybridized carbons (Fsp3) is 0.235. The van der Waals surface area contributed by atoms with Gasteiger partial charge in [-0.1, -0.05) is 48.3 Å². The van der Waals surface area contributed by atoms with Gasteiger partial charge in [-0.3, -0.25) is 0 Å². The lowest BCUT2D eigenvalue weighted by molar-refractivity contribution is 0.508. The highest BCUT2D eigenvalue weighted by Gasteiger charge is 2.07. The predicted octanol–water partition coefficient (Wildman–Crippen LogP) is 5.38. The van der Waals surface area contributed by atoms with Crippen molar-refractivity contribution >= 4 is 46.2 Å². The standard InChI is InChI=1S/C17H18Cl2N2S/c1-3-12-5-4-6-14(9-12)20-17(22)21(2)11-13-7-8-15(18)16(19)10-13/h4-10H,3,11H2,1-2H3,(H,20,22). The van der Waals surface area contributed by atoms with Crippen LogP contribution in [-0.2, 0) is 13.0 Å². The van der Waals surface area contributed by atoms with Gasteiger partial charge in [0.05, 0.1) is 10.0 Å². The summed E-state index contributed by atoms with van der Waals surface area (Å²) >= 11 is 17.4.